The van der Waals surface area contributed by atoms with Crippen LogP contribution in [-0.2, 0) is 0 Å². The summed E-state index contributed by atoms with van der Waals surface area (Å²) in [7, 11) is 0. The Morgan fingerprint density at radius 3 is 2.62 bits per heavy atom. The second-order valence-electron chi connectivity index (χ2n) is 2.61. The monoisotopic (exact) mass is 238 g/mol. The van der Waals surface area contributed by atoms with Gasteiger partial charge in [-0.3, -0.25) is 0 Å². The SMILES string of the molecule is Cc1ncc(-c2ccc(Br)nc2)o1. The quantitative estimate of drug-likeness (QED) is 0.718. The minimum Gasteiger partial charge on any atom is -0.441 e. The van der Waals surface area contributed by atoms with Crippen molar-refractivity contribution in [2.24, 2.45) is 0 Å². The summed E-state index contributed by atoms with van der Waals surface area (Å²) in [6, 6.07) is 3.80. The number of pyridine rings is 1. The van der Waals surface area contributed by atoms with Gasteiger partial charge in [-0.25, -0.2) is 9.97 Å². The number of aryl methyl sites for hydroxylation is 1. The van der Waals surface area contributed by atoms with Crippen LogP contribution in [0.25, 0.3) is 11.3 Å². The van der Waals surface area contributed by atoms with Gasteiger partial charge in [-0.2, -0.15) is 0 Å². The molecule has 0 unspecified atom stereocenters. The van der Waals surface area contributed by atoms with Gasteiger partial charge in [0.1, 0.15) is 4.60 Å². The normalized spacial score (nSPS) is 10.3. The van der Waals surface area contributed by atoms with Crippen LogP contribution < -0.4 is 0 Å². The standard InChI is InChI=1S/C9H7BrN2O/c1-6-11-5-8(13-6)7-2-3-9(10)12-4-7/h2-5H,1H3. The minimum atomic E-state index is 0.665. The molecular weight excluding hydrogens is 232 g/mol. The fourth-order valence-corrected chi connectivity index (χ4v) is 1.25. The average molecular weight is 239 g/mol. The van der Waals surface area contributed by atoms with Crippen LogP contribution in [0.1, 0.15) is 5.89 Å². The van der Waals surface area contributed by atoms with E-state index in [4.69, 9.17) is 4.42 Å². The van der Waals surface area contributed by atoms with Gasteiger partial charge in [-0.1, -0.05) is 0 Å². The summed E-state index contributed by atoms with van der Waals surface area (Å²) in [4.78, 5) is 8.10. The Morgan fingerprint density at radius 2 is 2.08 bits per heavy atom. The molecule has 3 nitrogen and oxygen atoms in total. The first-order valence-corrected chi connectivity index (χ1v) is 4.59. The highest BCUT2D eigenvalue weighted by atomic mass is 79.9. The van der Waals surface area contributed by atoms with Crippen molar-refractivity contribution in [3.63, 3.8) is 0 Å². The van der Waals surface area contributed by atoms with E-state index in [1.54, 1.807) is 12.4 Å². The maximum atomic E-state index is 5.34. The predicted octanol–water partition coefficient (Wildman–Crippen LogP) is 2.81. The van der Waals surface area contributed by atoms with Gasteiger partial charge < -0.3 is 4.42 Å². The second-order valence-corrected chi connectivity index (χ2v) is 3.43. The van der Waals surface area contributed by atoms with E-state index in [-0.39, 0.29) is 0 Å². The molecule has 66 valence electrons. The zero-order valence-corrected chi connectivity index (χ0v) is 8.58. The zero-order valence-electron chi connectivity index (χ0n) is 6.99. The molecule has 0 radical (unpaired) electrons. The van der Waals surface area contributed by atoms with Gasteiger partial charge in [0, 0.05) is 18.7 Å². The van der Waals surface area contributed by atoms with Gasteiger partial charge in [0.05, 0.1) is 6.20 Å². The van der Waals surface area contributed by atoms with E-state index in [0.29, 0.717) is 5.89 Å². The van der Waals surface area contributed by atoms with Crippen molar-refractivity contribution >= 4 is 15.9 Å². The summed E-state index contributed by atoms with van der Waals surface area (Å²) in [5, 5.41) is 0. The van der Waals surface area contributed by atoms with Crippen molar-refractivity contribution < 1.29 is 4.42 Å². The van der Waals surface area contributed by atoms with Crippen molar-refractivity contribution in [3.05, 3.63) is 35.0 Å². The summed E-state index contributed by atoms with van der Waals surface area (Å²) in [5.74, 6) is 1.41. The molecule has 13 heavy (non-hydrogen) atoms. The molecule has 2 aromatic heterocycles. The molecule has 2 aromatic rings. The zero-order chi connectivity index (χ0) is 9.26. The molecule has 4 heteroatoms. The Balaban J connectivity index is 2.41. The van der Waals surface area contributed by atoms with E-state index >= 15 is 0 Å². The molecule has 0 amide bonds. The van der Waals surface area contributed by atoms with Gasteiger partial charge in [0.15, 0.2) is 11.7 Å². The first-order valence-electron chi connectivity index (χ1n) is 3.80. The molecule has 2 heterocycles. The van der Waals surface area contributed by atoms with Crippen molar-refractivity contribution in [1.82, 2.24) is 9.97 Å². The Labute approximate surface area is 84.0 Å². The van der Waals surface area contributed by atoms with Crippen LogP contribution in [0.5, 0.6) is 0 Å². The van der Waals surface area contributed by atoms with Crippen molar-refractivity contribution in [2.75, 3.05) is 0 Å². The summed E-state index contributed by atoms with van der Waals surface area (Å²) < 4.78 is 6.16. The molecule has 0 N–H and O–H groups in total. The molecule has 0 aliphatic carbocycles. The topological polar surface area (TPSA) is 38.9 Å². The van der Waals surface area contributed by atoms with Crippen molar-refractivity contribution in [2.45, 2.75) is 6.92 Å². The number of hydrogen-bond donors (Lipinski definition) is 0. The lowest BCUT2D eigenvalue weighted by atomic mass is 10.2. The summed E-state index contributed by atoms with van der Waals surface area (Å²) in [6.07, 6.45) is 3.43. The Bertz CT molecular complexity index is 408. The molecular formula is C9H7BrN2O. The maximum absolute atomic E-state index is 5.34. The third-order valence-electron chi connectivity index (χ3n) is 1.63. The van der Waals surface area contributed by atoms with Crippen molar-refractivity contribution in [1.29, 1.82) is 0 Å². The van der Waals surface area contributed by atoms with Gasteiger partial charge in [-0.05, 0) is 28.1 Å². The molecule has 0 bridgehead atoms. The van der Waals surface area contributed by atoms with Crippen molar-refractivity contribution in [3.8, 4) is 11.3 Å². The average Bonchev–Trinajstić information content (AvgIpc) is 2.53. The van der Waals surface area contributed by atoms with E-state index in [2.05, 4.69) is 25.9 Å². The molecule has 0 atom stereocenters. The molecule has 0 aliphatic heterocycles. The fourth-order valence-electron chi connectivity index (χ4n) is 1.02. The van der Waals surface area contributed by atoms with Gasteiger partial charge in [0.25, 0.3) is 0 Å². The highest BCUT2D eigenvalue weighted by Crippen LogP contribution is 2.20. The van der Waals surface area contributed by atoms with Crippen LogP contribution in [0.3, 0.4) is 0 Å². The van der Waals surface area contributed by atoms with Crippen LogP contribution in [0.4, 0.5) is 0 Å². The maximum Gasteiger partial charge on any atom is 0.191 e. The summed E-state index contributed by atoms with van der Waals surface area (Å²) in [5.41, 5.74) is 0.934. The largest absolute Gasteiger partial charge is 0.441 e. The Kier molecular flexibility index (Phi) is 2.14. The first kappa shape index (κ1) is 8.44. The summed E-state index contributed by atoms with van der Waals surface area (Å²) >= 11 is 3.27. The van der Waals surface area contributed by atoms with Crippen LogP contribution >= 0.6 is 15.9 Å². The Morgan fingerprint density at radius 1 is 1.23 bits per heavy atom. The predicted molar refractivity (Wildman–Crippen MR) is 52.2 cm³/mol. The lowest BCUT2D eigenvalue weighted by molar-refractivity contribution is 0.534. The van der Waals surface area contributed by atoms with Gasteiger partial charge in [0.2, 0.25) is 0 Å². The molecule has 0 spiro atoms. The third-order valence-corrected chi connectivity index (χ3v) is 2.10. The van der Waals surface area contributed by atoms with Crippen LogP contribution in [0.15, 0.2) is 33.5 Å². The molecule has 0 saturated heterocycles. The minimum absolute atomic E-state index is 0.665. The third kappa shape index (κ3) is 1.78. The highest BCUT2D eigenvalue weighted by Gasteiger charge is 2.02. The number of aromatic nitrogens is 2. The highest BCUT2D eigenvalue weighted by molar-refractivity contribution is 9.10. The molecule has 0 saturated carbocycles. The molecule has 2 rings (SSSR count). The van der Waals surface area contributed by atoms with E-state index in [9.17, 15) is 0 Å². The lowest BCUT2D eigenvalue weighted by Crippen LogP contribution is -1.77. The molecule has 0 aromatic carbocycles. The van der Waals surface area contributed by atoms with Gasteiger partial charge in [-0.15, -0.1) is 0 Å². The lowest BCUT2D eigenvalue weighted by Gasteiger charge is -1.94. The van der Waals surface area contributed by atoms with Gasteiger partial charge >= 0.3 is 0 Å². The van der Waals surface area contributed by atoms with E-state index in [1.807, 2.05) is 19.1 Å². The number of hydrogen-bond acceptors (Lipinski definition) is 3. The fraction of sp³-hybridized carbons (Fsp3) is 0.111. The number of rotatable bonds is 1. The number of nitrogens with zero attached hydrogens (tertiary/aromatic N) is 2. The van der Waals surface area contributed by atoms with Crippen LogP contribution in [0.2, 0.25) is 0 Å². The van der Waals surface area contributed by atoms with Crippen LogP contribution in [0, 0.1) is 6.92 Å². The second kappa shape index (κ2) is 3.30. The number of halogens is 1. The van der Waals surface area contributed by atoms with E-state index in [1.165, 1.54) is 0 Å². The smallest absolute Gasteiger partial charge is 0.191 e. The van der Waals surface area contributed by atoms with E-state index in [0.717, 1.165) is 15.9 Å². The molecule has 0 aliphatic rings. The Hall–Kier alpha value is -1.16. The summed E-state index contributed by atoms with van der Waals surface area (Å²) in [6.45, 7) is 1.82. The number of oxazole rings is 1. The van der Waals surface area contributed by atoms with E-state index < -0.39 is 0 Å². The first-order chi connectivity index (χ1) is 6.25. The molecule has 0 fully saturated rings. The van der Waals surface area contributed by atoms with Crippen LogP contribution in [-0.4, -0.2) is 9.97 Å².